The summed E-state index contributed by atoms with van der Waals surface area (Å²) in [6.45, 7) is 0. The zero-order valence-corrected chi connectivity index (χ0v) is 9.71. The van der Waals surface area contributed by atoms with Crippen LogP contribution in [-0.4, -0.2) is 23.4 Å². The second-order valence-corrected chi connectivity index (χ2v) is 4.07. The fraction of sp³-hybridized carbons (Fsp3) is 0.250. The van der Waals surface area contributed by atoms with E-state index in [1.165, 1.54) is 6.07 Å². The molecule has 17 heavy (non-hydrogen) atoms. The lowest BCUT2D eigenvalue weighted by Crippen LogP contribution is -2.20. The maximum atomic E-state index is 11.6. The lowest BCUT2D eigenvalue weighted by Gasteiger charge is -2.17. The summed E-state index contributed by atoms with van der Waals surface area (Å²) in [4.78, 5) is 33.9. The van der Waals surface area contributed by atoms with Gasteiger partial charge >= 0.3 is 0 Å². The van der Waals surface area contributed by atoms with Gasteiger partial charge in [-0.1, -0.05) is 0 Å². The second kappa shape index (κ2) is 4.67. The van der Waals surface area contributed by atoms with Gasteiger partial charge in [-0.2, -0.15) is 0 Å². The average Bonchev–Trinajstić information content (AvgIpc) is 2.36. The van der Waals surface area contributed by atoms with E-state index in [1.807, 2.05) is 0 Å². The summed E-state index contributed by atoms with van der Waals surface area (Å²) in [5.74, 6) is -1.55. The van der Waals surface area contributed by atoms with Gasteiger partial charge in [-0.25, -0.2) is 0 Å². The third-order valence-corrected chi connectivity index (χ3v) is 2.88. The third kappa shape index (κ3) is 2.36. The molecule has 1 heterocycles. The van der Waals surface area contributed by atoms with Crippen molar-refractivity contribution in [3.63, 3.8) is 0 Å². The first-order valence-electron chi connectivity index (χ1n) is 5.18. The van der Waals surface area contributed by atoms with Crippen molar-refractivity contribution < 1.29 is 14.4 Å². The van der Waals surface area contributed by atoms with Crippen molar-refractivity contribution in [2.24, 2.45) is 0 Å². The number of hydrogen-bond donors (Lipinski definition) is 1. The van der Waals surface area contributed by atoms with E-state index in [2.05, 4.69) is 5.32 Å². The van der Waals surface area contributed by atoms with Gasteiger partial charge in [-0.05, 0) is 30.2 Å². The Hall–Kier alpha value is -1.68. The van der Waals surface area contributed by atoms with Gasteiger partial charge in [0.15, 0.2) is 0 Å². The molecule has 4 nitrogen and oxygen atoms in total. The first kappa shape index (κ1) is 11.8. The molecule has 0 unspecified atom stereocenters. The number of fused-ring (bicyclic) bond motifs is 1. The Morgan fingerprint density at radius 3 is 2.76 bits per heavy atom. The van der Waals surface area contributed by atoms with Crippen molar-refractivity contribution in [2.75, 3.05) is 11.2 Å². The minimum absolute atomic E-state index is 0.0339. The molecular formula is C12H10ClNO3. The number of ketones is 2. The summed E-state index contributed by atoms with van der Waals surface area (Å²) in [5, 5.41) is 2.71. The zero-order valence-electron chi connectivity index (χ0n) is 8.96. The van der Waals surface area contributed by atoms with Crippen molar-refractivity contribution in [2.45, 2.75) is 12.8 Å². The van der Waals surface area contributed by atoms with Crippen LogP contribution in [0.4, 0.5) is 5.69 Å². The van der Waals surface area contributed by atoms with Crippen LogP contribution >= 0.6 is 11.6 Å². The molecule has 1 aromatic carbocycles. The average molecular weight is 252 g/mol. The predicted octanol–water partition coefficient (Wildman–Crippen LogP) is 1.56. The molecule has 1 aromatic rings. The van der Waals surface area contributed by atoms with Crippen molar-refractivity contribution in [1.82, 2.24) is 0 Å². The molecule has 1 N–H and O–H groups in total. The highest BCUT2D eigenvalue weighted by Crippen LogP contribution is 2.23. The third-order valence-electron chi connectivity index (χ3n) is 2.64. The number of amides is 1. The van der Waals surface area contributed by atoms with E-state index in [-0.39, 0.29) is 11.8 Å². The van der Waals surface area contributed by atoms with Gasteiger partial charge in [0.05, 0.1) is 5.88 Å². The molecule has 1 aliphatic heterocycles. The molecule has 0 saturated heterocycles. The van der Waals surface area contributed by atoms with E-state index in [1.54, 1.807) is 12.1 Å². The van der Waals surface area contributed by atoms with Gasteiger partial charge in [-0.15, -0.1) is 11.6 Å². The van der Waals surface area contributed by atoms with Crippen LogP contribution < -0.4 is 5.32 Å². The Kier molecular flexibility index (Phi) is 3.24. The normalized spacial score (nSPS) is 13.8. The zero-order chi connectivity index (χ0) is 12.4. The SMILES string of the molecule is O=C1CCc2cc(C(=O)C(=O)CCl)ccc2N1. The number of carbonyl (C=O) groups excluding carboxylic acids is 3. The first-order chi connectivity index (χ1) is 8.11. The predicted molar refractivity (Wildman–Crippen MR) is 63.5 cm³/mol. The molecule has 2 rings (SSSR count). The molecule has 5 heteroatoms. The van der Waals surface area contributed by atoms with Crippen LogP contribution in [0.3, 0.4) is 0 Å². The minimum Gasteiger partial charge on any atom is -0.326 e. The van der Waals surface area contributed by atoms with Gasteiger partial charge in [0, 0.05) is 17.7 Å². The topological polar surface area (TPSA) is 63.2 Å². The monoisotopic (exact) mass is 251 g/mol. The highest BCUT2D eigenvalue weighted by Gasteiger charge is 2.19. The molecule has 0 aromatic heterocycles. The summed E-state index contributed by atoms with van der Waals surface area (Å²) in [6.07, 6.45) is 0.978. The van der Waals surface area contributed by atoms with E-state index in [9.17, 15) is 14.4 Å². The molecule has 1 aliphatic rings. The van der Waals surface area contributed by atoms with E-state index in [4.69, 9.17) is 11.6 Å². The number of benzene rings is 1. The molecule has 0 fully saturated rings. The number of nitrogens with one attached hydrogen (secondary N) is 1. The minimum atomic E-state index is -0.619. The number of anilines is 1. The van der Waals surface area contributed by atoms with Crippen molar-refractivity contribution in [3.05, 3.63) is 29.3 Å². The molecular weight excluding hydrogens is 242 g/mol. The smallest absolute Gasteiger partial charge is 0.229 e. The Balaban J connectivity index is 2.31. The van der Waals surface area contributed by atoms with E-state index in [0.29, 0.717) is 24.1 Å². The van der Waals surface area contributed by atoms with Gasteiger partial charge in [-0.3, -0.25) is 14.4 Å². The number of alkyl halides is 1. The fourth-order valence-corrected chi connectivity index (χ4v) is 1.87. The van der Waals surface area contributed by atoms with Crippen LogP contribution in [0.15, 0.2) is 18.2 Å². The molecule has 88 valence electrons. The quantitative estimate of drug-likeness (QED) is 0.504. The Bertz CT molecular complexity index is 510. The summed E-state index contributed by atoms with van der Waals surface area (Å²) >= 11 is 5.33. The van der Waals surface area contributed by atoms with E-state index < -0.39 is 11.6 Å². The van der Waals surface area contributed by atoms with Gasteiger partial charge < -0.3 is 5.32 Å². The van der Waals surface area contributed by atoms with Crippen LogP contribution in [0, 0.1) is 0 Å². The molecule has 0 saturated carbocycles. The van der Waals surface area contributed by atoms with E-state index >= 15 is 0 Å². The molecule has 0 radical (unpaired) electrons. The summed E-state index contributed by atoms with van der Waals surface area (Å²) in [5.41, 5.74) is 1.90. The highest BCUT2D eigenvalue weighted by molar-refractivity contribution is 6.51. The number of Topliss-reactive ketones (excluding diaryl/α,β-unsaturated/α-hetero) is 2. The lowest BCUT2D eigenvalue weighted by molar-refractivity contribution is -0.116. The van der Waals surface area contributed by atoms with Crippen LogP contribution in [0.2, 0.25) is 0 Å². The Morgan fingerprint density at radius 1 is 1.29 bits per heavy atom. The number of halogens is 1. The van der Waals surface area contributed by atoms with Crippen molar-refractivity contribution in [3.8, 4) is 0 Å². The second-order valence-electron chi connectivity index (χ2n) is 3.81. The lowest BCUT2D eigenvalue weighted by atomic mass is 9.98. The molecule has 0 aliphatic carbocycles. The van der Waals surface area contributed by atoms with Crippen molar-refractivity contribution in [1.29, 1.82) is 0 Å². The number of carbonyl (C=O) groups is 3. The molecule has 0 spiro atoms. The fourth-order valence-electron chi connectivity index (χ4n) is 1.75. The van der Waals surface area contributed by atoms with Gasteiger partial charge in [0.1, 0.15) is 0 Å². The van der Waals surface area contributed by atoms with Crippen LogP contribution in [0.1, 0.15) is 22.3 Å². The maximum absolute atomic E-state index is 11.6. The Morgan fingerprint density at radius 2 is 2.06 bits per heavy atom. The van der Waals surface area contributed by atoms with Gasteiger partial charge in [0.2, 0.25) is 17.5 Å². The first-order valence-corrected chi connectivity index (χ1v) is 5.71. The van der Waals surface area contributed by atoms with Crippen LogP contribution in [-0.2, 0) is 16.0 Å². The Labute approximate surface area is 103 Å². The molecule has 0 atom stereocenters. The summed E-state index contributed by atoms with van der Waals surface area (Å²) in [7, 11) is 0. The number of aryl methyl sites for hydroxylation is 1. The number of rotatable bonds is 3. The van der Waals surface area contributed by atoms with Crippen LogP contribution in [0.25, 0.3) is 0 Å². The van der Waals surface area contributed by atoms with Crippen LogP contribution in [0.5, 0.6) is 0 Å². The van der Waals surface area contributed by atoms with Gasteiger partial charge in [0.25, 0.3) is 0 Å². The molecule has 0 bridgehead atoms. The summed E-state index contributed by atoms with van der Waals surface area (Å²) < 4.78 is 0. The summed E-state index contributed by atoms with van der Waals surface area (Å²) in [6, 6.07) is 4.81. The highest BCUT2D eigenvalue weighted by atomic mass is 35.5. The maximum Gasteiger partial charge on any atom is 0.229 e. The largest absolute Gasteiger partial charge is 0.326 e. The number of hydrogen-bond acceptors (Lipinski definition) is 3. The van der Waals surface area contributed by atoms with E-state index in [0.717, 1.165) is 5.56 Å². The standard InChI is InChI=1S/C12H10ClNO3/c13-6-10(15)12(17)8-1-3-9-7(5-8)2-4-11(16)14-9/h1,3,5H,2,4,6H2,(H,14,16). The van der Waals surface area contributed by atoms with Crippen molar-refractivity contribution >= 4 is 34.8 Å². The molecule has 1 amide bonds.